The van der Waals surface area contributed by atoms with E-state index in [1.807, 2.05) is 30.3 Å². The molecular formula is C27H22ClIN2O7. The zero-order valence-corrected chi connectivity index (χ0v) is 23.5. The van der Waals surface area contributed by atoms with Crippen LogP contribution in [0, 0.1) is 3.57 Å². The summed E-state index contributed by atoms with van der Waals surface area (Å²) in [5.74, 6) is -0.386. The van der Waals surface area contributed by atoms with E-state index in [-0.39, 0.29) is 27.8 Å². The molecule has 196 valence electrons. The summed E-state index contributed by atoms with van der Waals surface area (Å²) >= 11 is 8.26. The number of hydrogen-bond donors (Lipinski definition) is 1. The number of methoxy groups -OCH3 is 3. The Balaban J connectivity index is 1.70. The van der Waals surface area contributed by atoms with Gasteiger partial charge in [-0.15, -0.1) is 0 Å². The predicted octanol–water partition coefficient (Wildman–Crippen LogP) is 5.22. The number of imide groups is 2. The molecular weight excluding hydrogens is 627 g/mol. The number of amides is 4. The number of rotatable bonds is 8. The molecule has 1 aliphatic heterocycles. The SMILES string of the molecule is COc1cc(N2C(=O)NC(=O)/C(=C\c3cc(I)c(OCc4ccccc4)c(OC)c3)C2=O)c(OC)cc1Cl. The first-order valence-electron chi connectivity index (χ1n) is 11.1. The molecule has 0 spiro atoms. The Bertz CT molecular complexity index is 1440. The molecule has 1 saturated heterocycles. The van der Waals surface area contributed by atoms with Crippen molar-refractivity contribution in [3.05, 3.63) is 79.9 Å². The van der Waals surface area contributed by atoms with Crippen molar-refractivity contribution in [2.45, 2.75) is 6.61 Å². The van der Waals surface area contributed by atoms with Crippen molar-refractivity contribution in [3.8, 4) is 23.0 Å². The van der Waals surface area contributed by atoms with Crippen LogP contribution in [0.2, 0.25) is 5.02 Å². The number of anilines is 1. The fourth-order valence-electron chi connectivity index (χ4n) is 3.75. The number of carbonyl (C=O) groups excluding carboxylic acids is 3. The maximum Gasteiger partial charge on any atom is 0.336 e. The quantitative estimate of drug-likeness (QED) is 0.203. The first kappa shape index (κ1) is 27.3. The summed E-state index contributed by atoms with van der Waals surface area (Å²) in [6, 6.07) is 14.9. The molecule has 1 fully saturated rings. The highest BCUT2D eigenvalue weighted by Gasteiger charge is 2.38. The summed E-state index contributed by atoms with van der Waals surface area (Å²) in [5, 5.41) is 2.42. The highest BCUT2D eigenvalue weighted by molar-refractivity contribution is 14.1. The summed E-state index contributed by atoms with van der Waals surface area (Å²) < 4.78 is 22.8. The van der Waals surface area contributed by atoms with Crippen LogP contribution in [0.15, 0.2) is 60.2 Å². The molecule has 0 unspecified atom stereocenters. The van der Waals surface area contributed by atoms with Gasteiger partial charge in [0.1, 0.15) is 23.7 Å². The number of ether oxygens (including phenoxy) is 4. The van der Waals surface area contributed by atoms with E-state index in [1.54, 1.807) is 12.1 Å². The van der Waals surface area contributed by atoms with Gasteiger partial charge < -0.3 is 18.9 Å². The molecule has 1 aliphatic rings. The number of benzene rings is 3. The lowest BCUT2D eigenvalue weighted by atomic mass is 10.1. The number of urea groups is 1. The molecule has 3 aromatic rings. The number of carbonyl (C=O) groups is 3. The normalized spacial score (nSPS) is 14.4. The number of hydrogen-bond acceptors (Lipinski definition) is 7. The van der Waals surface area contributed by atoms with Crippen LogP contribution in [0.1, 0.15) is 11.1 Å². The van der Waals surface area contributed by atoms with Crippen molar-refractivity contribution in [2.75, 3.05) is 26.2 Å². The van der Waals surface area contributed by atoms with Gasteiger partial charge in [-0.05, 0) is 51.9 Å². The molecule has 1 heterocycles. The maximum atomic E-state index is 13.5. The van der Waals surface area contributed by atoms with Crippen LogP contribution in [-0.2, 0) is 16.2 Å². The van der Waals surface area contributed by atoms with Gasteiger partial charge >= 0.3 is 6.03 Å². The topological polar surface area (TPSA) is 103 Å². The predicted molar refractivity (Wildman–Crippen MR) is 150 cm³/mol. The summed E-state index contributed by atoms with van der Waals surface area (Å²) in [4.78, 5) is 39.7. The summed E-state index contributed by atoms with van der Waals surface area (Å²) in [6.07, 6.45) is 1.38. The largest absolute Gasteiger partial charge is 0.495 e. The van der Waals surface area contributed by atoms with Crippen molar-refractivity contribution in [1.29, 1.82) is 0 Å². The van der Waals surface area contributed by atoms with Crippen LogP contribution in [0.4, 0.5) is 10.5 Å². The molecule has 38 heavy (non-hydrogen) atoms. The van der Waals surface area contributed by atoms with Crippen molar-refractivity contribution < 1.29 is 33.3 Å². The molecule has 0 saturated carbocycles. The Morgan fingerprint density at radius 1 is 0.921 bits per heavy atom. The van der Waals surface area contributed by atoms with Crippen LogP contribution in [0.5, 0.6) is 23.0 Å². The van der Waals surface area contributed by atoms with Crippen molar-refractivity contribution >= 4 is 63.8 Å². The monoisotopic (exact) mass is 648 g/mol. The van der Waals surface area contributed by atoms with E-state index in [4.69, 9.17) is 30.5 Å². The average Bonchev–Trinajstić information content (AvgIpc) is 2.91. The minimum Gasteiger partial charge on any atom is -0.495 e. The Kier molecular flexibility index (Phi) is 8.42. The number of halogens is 2. The third-order valence-corrected chi connectivity index (χ3v) is 6.68. The second kappa shape index (κ2) is 11.7. The Labute approximate surface area is 237 Å². The van der Waals surface area contributed by atoms with Crippen LogP contribution >= 0.6 is 34.2 Å². The molecule has 4 amide bonds. The summed E-state index contributed by atoms with van der Waals surface area (Å²) in [6.45, 7) is 0.331. The van der Waals surface area contributed by atoms with Crippen molar-refractivity contribution in [3.63, 3.8) is 0 Å². The highest BCUT2D eigenvalue weighted by atomic mass is 127. The van der Waals surface area contributed by atoms with E-state index in [0.29, 0.717) is 27.2 Å². The highest BCUT2D eigenvalue weighted by Crippen LogP contribution is 2.40. The molecule has 0 atom stereocenters. The van der Waals surface area contributed by atoms with Crippen molar-refractivity contribution in [2.24, 2.45) is 0 Å². The molecule has 11 heteroatoms. The molecule has 1 N–H and O–H groups in total. The Morgan fingerprint density at radius 3 is 2.26 bits per heavy atom. The number of nitrogens with zero attached hydrogens (tertiary/aromatic N) is 1. The molecule has 0 bridgehead atoms. The minimum atomic E-state index is -0.934. The lowest BCUT2D eigenvalue weighted by Gasteiger charge is -2.28. The lowest BCUT2D eigenvalue weighted by molar-refractivity contribution is -0.122. The Morgan fingerprint density at radius 2 is 1.61 bits per heavy atom. The van der Waals surface area contributed by atoms with Gasteiger partial charge in [-0.25, -0.2) is 9.69 Å². The first-order chi connectivity index (χ1) is 18.3. The third-order valence-electron chi connectivity index (χ3n) is 5.58. The van der Waals surface area contributed by atoms with E-state index in [0.717, 1.165) is 10.5 Å². The second-order valence-electron chi connectivity index (χ2n) is 7.92. The van der Waals surface area contributed by atoms with Gasteiger partial charge in [0.05, 0.1) is 35.6 Å². The van der Waals surface area contributed by atoms with Crippen LogP contribution in [0.25, 0.3) is 6.08 Å². The van der Waals surface area contributed by atoms with E-state index in [1.165, 1.54) is 39.5 Å². The van der Waals surface area contributed by atoms with E-state index < -0.39 is 17.8 Å². The van der Waals surface area contributed by atoms with Gasteiger partial charge in [-0.1, -0.05) is 41.9 Å². The van der Waals surface area contributed by atoms with Gasteiger partial charge in [0.25, 0.3) is 11.8 Å². The third kappa shape index (κ3) is 5.55. The van der Waals surface area contributed by atoms with E-state index in [2.05, 4.69) is 27.9 Å². The first-order valence-corrected chi connectivity index (χ1v) is 12.6. The van der Waals surface area contributed by atoms with Crippen LogP contribution in [-0.4, -0.2) is 39.2 Å². The standard InChI is InChI=1S/C27H22ClIN2O7/c1-35-21-13-20(22(36-2)12-18(21)28)31-26(33)17(25(32)30-27(31)34)9-16-10-19(29)24(23(11-16)37-3)38-14-15-7-5-4-6-8-15/h4-13H,14H2,1-3H3,(H,30,32,34)/b17-9+. The second-order valence-corrected chi connectivity index (χ2v) is 9.49. The van der Waals surface area contributed by atoms with Crippen LogP contribution in [0.3, 0.4) is 0 Å². The summed E-state index contributed by atoms with van der Waals surface area (Å²) in [5.41, 5.74) is 1.27. The van der Waals surface area contributed by atoms with Gasteiger partial charge in [-0.2, -0.15) is 0 Å². The average molecular weight is 649 g/mol. The number of barbiturate groups is 1. The summed E-state index contributed by atoms with van der Waals surface area (Å²) in [7, 11) is 4.26. The molecule has 9 nitrogen and oxygen atoms in total. The molecule has 3 aromatic carbocycles. The van der Waals surface area contributed by atoms with Crippen molar-refractivity contribution in [1.82, 2.24) is 5.32 Å². The lowest BCUT2D eigenvalue weighted by Crippen LogP contribution is -2.54. The van der Waals surface area contributed by atoms with Gasteiger partial charge in [-0.3, -0.25) is 14.9 Å². The minimum absolute atomic E-state index is 0.0615. The van der Waals surface area contributed by atoms with E-state index in [9.17, 15) is 14.4 Å². The van der Waals surface area contributed by atoms with Crippen LogP contribution < -0.4 is 29.2 Å². The fraction of sp³-hybridized carbons (Fsp3) is 0.148. The number of nitrogens with one attached hydrogen (secondary N) is 1. The Hall–Kier alpha value is -3.77. The molecule has 4 rings (SSSR count). The van der Waals surface area contributed by atoms with Gasteiger partial charge in [0.15, 0.2) is 11.5 Å². The fourth-order valence-corrected chi connectivity index (χ4v) is 4.77. The zero-order chi connectivity index (χ0) is 27.4. The zero-order valence-electron chi connectivity index (χ0n) is 20.5. The van der Waals surface area contributed by atoms with Gasteiger partial charge in [0, 0.05) is 12.1 Å². The molecule has 0 aliphatic carbocycles. The maximum absolute atomic E-state index is 13.5. The smallest absolute Gasteiger partial charge is 0.336 e. The molecule has 0 aromatic heterocycles. The molecule has 0 radical (unpaired) electrons. The van der Waals surface area contributed by atoms with Gasteiger partial charge in [0.2, 0.25) is 0 Å². The van der Waals surface area contributed by atoms with E-state index >= 15 is 0 Å².